The van der Waals surface area contributed by atoms with E-state index in [0.717, 1.165) is 15.8 Å². The predicted octanol–water partition coefficient (Wildman–Crippen LogP) is 5.21. The van der Waals surface area contributed by atoms with Crippen molar-refractivity contribution < 1.29 is 23.5 Å². The topological polar surface area (TPSA) is 52.6 Å². The predicted molar refractivity (Wildman–Crippen MR) is 106 cm³/mol. The number of carbonyl (C=O) groups excluding carboxylic acids is 2. The lowest BCUT2D eigenvalue weighted by Gasteiger charge is -2.08. The number of hydrogen-bond acceptors (Lipinski definition) is 4. The van der Waals surface area contributed by atoms with E-state index in [0.29, 0.717) is 12.2 Å². The Hall–Kier alpha value is -2.99. The molecule has 0 aliphatic heterocycles. The standard InChI is InChI=1S/C22H16BrFO4/c23-18-7-11-20(12-8-18)27-13-15-1-3-17(4-2-15)22(26)28-14-21(25)16-5-9-19(24)10-6-16/h1-12H,13-14H2. The zero-order chi connectivity index (χ0) is 19.9. The third-order valence-electron chi connectivity index (χ3n) is 3.91. The van der Waals surface area contributed by atoms with Crippen molar-refractivity contribution in [2.45, 2.75) is 6.61 Å². The Morgan fingerprint density at radius 2 is 1.43 bits per heavy atom. The molecule has 28 heavy (non-hydrogen) atoms. The molecule has 0 saturated carbocycles. The van der Waals surface area contributed by atoms with E-state index in [-0.39, 0.29) is 5.56 Å². The zero-order valence-electron chi connectivity index (χ0n) is 14.7. The third-order valence-corrected chi connectivity index (χ3v) is 4.44. The number of rotatable bonds is 7. The zero-order valence-corrected chi connectivity index (χ0v) is 16.3. The SMILES string of the molecule is O=C(COC(=O)c1ccc(COc2ccc(Br)cc2)cc1)c1ccc(F)cc1. The van der Waals surface area contributed by atoms with Gasteiger partial charge in [-0.1, -0.05) is 28.1 Å². The molecule has 0 aliphatic carbocycles. The molecular formula is C22H16BrFO4. The summed E-state index contributed by atoms with van der Waals surface area (Å²) in [6.45, 7) is -0.0428. The van der Waals surface area contributed by atoms with Crippen molar-refractivity contribution in [1.82, 2.24) is 0 Å². The monoisotopic (exact) mass is 442 g/mol. The highest BCUT2D eigenvalue weighted by Gasteiger charge is 2.12. The molecule has 3 rings (SSSR count). The highest BCUT2D eigenvalue weighted by atomic mass is 79.9. The molecule has 0 atom stereocenters. The number of halogens is 2. The maximum absolute atomic E-state index is 12.9. The first-order valence-corrected chi connectivity index (χ1v) is 9.24. The van der Waals surface area contributed by atoms with Crippen molar-refractivity contribution in [2.24, 2.45) is 0 Å². The first-order valence-electron chi connectivity index (χ1n) is 8.44. The molecule has 3 aromatic rings. The van der Waals surface area contributed by atoms with Crippen LogP contribution in [0.15, 0.2) is 77.3 Å². The summed E-state index contributed by atoms with van der Waals surface area (Å²) >= 11 is 3.37. The fraction of sp³-hybridized carbons (Fsp3) is 0.0909. The Balaban J connectivity index is 1.51. The molecular weight excluding hydrogens is 427 g/mol. The van der Waals surface area contributed by atoms with Gasteiger partial charge in [-0.2, -0.15) is 0 Å². The van der Waals surface area contributed by atoms with E-state index in [1.54, 1.807) is 24.3 Å². The summed E-state index contributed by atoms with van der Waals surface area (Å²) in [6.07, 6.45) is 0. The molecule has 0 aromatic heterocycles. The van der Waals surface area contributed by atoms with E-state index in [2.05, 4.69) is 15.9 Å². The van der Waals surface area contributed by atoms with Gasteiger partial charge in [-0.15, -0.1) is 0 Å². The summed E-state index contributed by atoms with van der Waals surface area (Å²) < 4.78 is 24.6. The Bertz CT molecular complexity index is 951. The van der Waals surface area contributed by atoms with Crippen LogP contribution in [0.25, 0.3) is 0 Å². The average Bonchev–Trinajstić information content (AvgIpc) is 2.72. The molecule has 0 radical (unpaired) electrons. The second-order valence-electron chi connectivity index (χ2n) is 5.95. The van der Waals surface area contributed by atoms with Crippen molar-refractivity contribution in [3.05, 3.63) is 99.8 Å². The normalized spacial score (nSPS) is 10.4. The van der Waals surface area contributed by atoms with Crippen LogP contribution in [-0.2, 0) is 11.3 Å². The summed E-state index contributed by atoms with van der Waals surface area (Å²) in [5, 5.41) is 0. The third kappa shape index (κ3) is 5.50. The first kappa shape index (κ1) is 19.8. The van der Waals surface area contributed by atoms with Crippen LogP contribution in [0, 0.1) is 5.82 Å². The minimum absolute atomic E-state index is 0.287. The number of benzene rings is 3. The van der Waals surface area contributed by atoms with Crippen molar-refractivity contribution in [3.63, 3.8) is 0 Å². The highest BCUT2D eigenvalue weighted by molar-refractivity contribution is 9.10. The van der Waals surface area contributed by atoms with E-state index in [1.807, 2.05) is 24.3 Å². The smallest absolute Gasteiger partial charge is 0.338 e. The van der Waals surface area contributed by atoms with E-state index in [4.69, 9.17) is 9.47 Å². The van der Waals surface area contributed by atoms with Gasteiger partial charge in [-0.3, -0.25) is 4.79 Å². The molecule has 0 saturated heterocycles. The molecule has 4 nitrogen and oxygen atoms in total. The minimum atomic E-state index is -0.601. The van der Waals surface area contributed by atoms with Gasteiger partial charge >= 0.3 is 5.97 Å². The average molecular weight is 443 g/mol. The molecule has 142 valence electrons. The van der Waals surface area contributed by atoms with E-state index in [1.165, 1.54) is 24.3 Å². The molecule has 0 fully saturated rings. The van der Waals surface area contributed by atoms with Crippen LogP contribution in [0.2, 0.25) is 0 Å². The fourth-order valence-electron chi connectivity index (χ4n) is 2.37. The van der Waals surface area contributed by atoms with Crippen molar-refractivity contribution >= 4 is 27.7 Å². The molecule has 6 heteroatoms. The molecule has 0 spiro atoms. The lowest BCUT2D eigenvalue weighted by molar-refractivity contribution is 0.0474. The Labute approximate surface area is 170 Å². The summed E-state index contributed by atoms with van der Waals surface area (Å²) in [7, 11) is 0. The molecule has 0 N–H and O–H groups in total. The molecule has 0 bridgehead atoms. The number of carbonyl (C=O) groups is 2. The van der Waals surface area contributed by atoms with Crippen LogP contribution in [0.3, 0.4) is 0 Å². The van der Waals surface area contributed by atoms with Gasteiger partial charge in [0.2, 0.25) is 0 Å². The molecule has 0 amide bonds. The van der Waals surface area contributed by atoms with Crippen LogP contribution in [-0.4, -0.2) is 18.4 Å². The van der Waals surface area contributed by atoms with E-state index < -0.39 is 24.2 Å². The summed E-state index contributed by atoms with van der Waals surface area (Å²) in [6, 6.07) is 19.3. The molecule has 3 aromatic carbocycles. The van der Waals surface area contributed by atoms with E-state index in [9.17, 15) is 14.0 Å². The summed E-state index contributed by atoms with van der Waals surface area (Å²) in [5.41, 5.74) is 1.51. The second-order valence-corrected chi connectivity index (χ2v) is 6.86. The van der Waals surface area contributed by atoms with Gasteiger partial charge in [-0.05, 0) is 66.2 Å². The van der Waals surface area contributed by atoms with Gasteiger partial charge in [-0.25, -0.2) is 9.18 Å². The Morgan fingerprint density at radius 1 is 0.821 bits per heavy atom. The minimum Gasteiger partial charge on any atom is -0.489 e. The largest absolute Gasteiger partial charge is 0.489 e. The lowest BCUT2D eigenvalue weighted by Crippen LogP contribution is -2.14. The maximum atomic E-state index is 12.9. The van der Waals surface area contributed by atoms with Gasteiger partial charge in [0.05, 0.1) is 5.56 Å². The number of esters is 1. The van der Waals surface area contributed by atoms with Crippen LogP contribution in [0.1, 0.15) is 26.3 Å². The molecule has 0 aliphatic rings. The Morgan fingerprint density at radius 3 is 2.07 bits per heavy atom. The van der Waals surface area contributed by atoms with Gasteiger partial charge in [0.25, 0.3) is 0 Å². The fourth-order valence-corrected chi connectivity index (χ4v) is 2.63. The van der Waals surface area contributed by atoms with Crippen molar-refractivity contribution in [2.75, 3.05) is 6.61 Å². The van der Waals surface area contributed by atoms with Crippen LogP contribution in [0.4, 0.5) is 4.39 Å². The Kier molecular flexibility index (Phi) is 6.55. The van der Waals surface area contributed by atoms with Crippen molar-refractivity contribution in [1.29, 1.82) is 0 Å². The van der Waals surface area contributed by atoms with E-state index >= 15 is 0 Å². The maximum Gasteiger partial charge on any atom is 0.338 e. The number of hydrogen-bond donors (Lipinski definition) is 0. The quantitative estimate of drug-likeness (QED) is 0.372. The second kappa shape index (κ2) is 9.28. The van der Waals surface area contributed by atoms with Gasteiger partial charge in [0.15, 0.2) is 12.4 Å². The van der Waals surface area contributed by atoms with Gasteiger partial charge < -0.3 is 9.47 Å². The number of Topliss-reactive ketones (excluding diaryl/α,β-unsaturated/α-hetero) is 1. The first-order chi connectivity index (χ1) is 13.5. The molecule has 0 unspecified atom stereocenters. The highest BCUT2D eigenvalue weighted by Crippen LogP contribution is 2.17. The van der Waals surface area contributed by atoms with Crippen LogP contribution >= 0.6 is 15.9 Å². The lowest BCUT2D eigenvalue weighted by atomic mass is 10.1. The van der Waals surface area contributed by atoms with Crippen molar-refractivity contribution in [3.8, 4) is 5.75 Å². The van der Waals surface area contributed by atoms with Gasteiger partial charge in [0.1, 0.15) is 18.2 Å². The van der Waals surface area contributed by atoms with Gasteiger partial charge in [0, 0.05) is 10.0 Å². The van der Waals surface area contributed by atoms with Crippen LogP contribution < -0.4 is 4.74 Å². The summed E-state index contributed by atoms with van der Waals surface area (Å²) in [5.74, 6) is -0.688. The number of ketones is 1. The number of ether oxygens (including phenoxy) is 2. The summed E-state index contributed by atoms with van der Waals surface area (Å²) in [4.78, 5) is 24.1. The van der Waals surface area contributed by atoms with Crippen LogP contribution in [0.5, 0.6) is 5.75 Å². The molecule has 0 heterocycles.